The van der Waals surface area contributed by atoms with Crippen molar-refractivity contribution in [1.29, 1.82) is 0 Å². The van der Waals surface area contributed by atoms with Crippen molar-refractivity contribution in [3.63, 3.8) is 0 Å². The Labute approximate surface area is 217 Å². The molecule has 35 heavy (non-hydrogen) atoms. The fourth-order valence-electron chi connectivity index (χ4n) is 4.94. The van der Waals surface area contributed by atoms with Crippen LogP contribution in [0.25, 0.3) is 16.9 Å². The number of anilines is 1. The van der Waals surface area contributed by atoms with Gasteiger partial charge < -0.3 is 14.8 Å². The summed E-state index contributed by atoms with van der Waals surface area (Å²) >= 11 is 10.1. The predicted octanol–water partition coefficient (Wildman–Crippen LogP) is 5.87. The molecule has 9 heteroatoms. The number of nitrogens with one attached hydrogen (secondary N) is 1. The van der Waals surface area contributed by atoms with Crippen LogP contribution >= 0.6 is 27.5 Å². The molecule has 1 N–H and O–H groups in total. The maximum atomic E-state index is 6.48. The average Bonchev–Trinajstić information content (AvgIpc) is 3.51. The van der Waals surface area contributed by atoms with Gasteiger partial charge in [0.2, 0.25) is 6.79 Å². The molecule has 0 saturated carbocycles. The highest BCUT2D eigenvalue weighted by Gasteiger charge is 2.24. The van der Waals surface area contributed by atoms with E-state index in [-0.39, 0.29) is 0 Å². The Kier molecular flexibility index (Phi) is 6.26. The molecule has 180 valence electrons. The van der Waals surface area contributed by atoms with Crippen molar-refractivity contribution < 1.29 is 9.47 Å². The van der Waals surface area contributed by atoms with Gasteiger partial charge in [0.25, 0.3) is 0 Å². The van der Waals surface area contributed by atoms with Crippen LogP contribution in [0.3, 0.4) is 0 Å². The zero-order chi connectivity index (χ0) is 23.8. The van der Waals surface area contributed by atoms with Crippen molar-refractivity contribution >= 4 is 39.0 Å². The molecule has 7 nitrogen and oxygen atoms in total. The summed E-state index contributed by atoms with van der Waals surface area (Å²) in [5.41, 5.74) is 3.67. The third kappa shape index (κ3) is 4.58. The molecule has 4 heterocycles. The number of hydrogen-bond donors (Lipinski definition) is 1. The molecule has 2 aliphatic rings. The summed E-state index contributed by atoms with van der Waals surface area (Å²) in [6.07, 6.45) is 4.13. The summed E-state index contributed by atoms with van der Waals surface area (Å²) in [5, 5.41) is 8.85. The van der Waals surface area contributed by atoms with Gasteiger partial charge in [-0.3, -0.25) is 4.90 Å². The van der Waals surface area contributed by atoms with Gasteiger partial charge in [-0.15, -0.1) is 0 Å². The molecule has 0 aliphatic carbocycles. The Balaban J connectivity index is 1.19. The van der Waals surface area contributed by atoms with Crippen molar-refractivity contribution in [1.82, 2.24) is 19.5 Å². The highest BCUT2D eigenvalue weighted by atomic mass is 79.9. The SMILES string of the molecule is Clc1ccccc1-c1cc(NCC2CCCN(Cc3cccc4c3OCO4)C2)n2ncc(Br)c2n1. The van der Waals surface area contributed by atoms with E-state index in [0.717, 1.165) is 64.9 Å². The number of nitrogens with zero attached hydrogens (tertiary/aromatic N) is 4. The van der Waals surface area contributed by atoms with Gasteiger partial charge >= 0.3 is 0 Å². The van der Waals surface area contributed by atoms with Crippen LogP contribution in [0.1, 0.15) is 18.4 Å². The molecule has 1 unspecified atom stereocenters. The largest absolute Gasteiger partial charge is 0.454 e. The van der Waals surface area contributed by atoms with Gasteiger partial charge in [-0.2, -0.15) is 9.61 Å². The lowest BCUT2D eigenvalue weighted by Crippen LogP contribution is -2.37. The van der Waals surface area contributed by atoms with Crippen LogP contribution in [0.2, 0.25) is 5.02 Å². The maximum Gasteiger partial charge on any atom is 0.231 e. The van der Waals surface area contributed by atoms with E-state index >= 15 is 0 Å². The van der Waals surface area contributed by atoms with Gasteiger partial charge in [0.1, 0.15) is 5.82 Å². The van der Waals surface area contributed by atoms with E-state index in [2.05, 4.69) is 37.3 Å². The molecule has 0 radical (unpaired) electrons. The number of para-hydroxylation sites is 1. The zero-order valence-corrected chi connectivity index (χ0v) is 21.4. The number of halogens is 2. The normalized spacial score (nSPS) is 17.7. The Morgan fingerprint density at radius 3 is 2.97 bits per heavy atom. The van der Waals surface area contributed by atoms with Crippen LogP contribution in [0.5, 0.6) is 11.5 Å². The van der Waals surface area contributed by atoms with Gasteiger partial charge in [-0.1, -0.05) is 41.9 Å². The number of fused-ring (bicyclic) bond motifs is 2. The Morgan fingerprint density at radius 2 is 2.06 bits per heavy atom. The molecule has 1 atom stereocenters. The molecule has 2 aliphatic heterocycles. The first kappa shape index (κ1) is 22.6. The van der Waals surface area contributed by atoms with Crippen molar-refractivity contribution in [3.8, 4) is 22.8 Å². The first-order valence-corrected chi connectivity index (χ1v) is 13.0. The summed E-state index contributed by atoms with van der Waals surface area (Å²) in [6.45, 7) is 4.13. The van der Waals surface area contributed by atoms with E-state index < -0.39 is 0 Å². The molecule has 0 spiro atoms. The molecule has 4 aromatic rings. The molecular weight excluding hydrogens is 530 g/mol. The van der Waals surface area contributed by atoms with Crippen LogP contribution in [-0.4, -0.2) is 45.9 Å². The van der Waals surface area contributed by atoms with Gasteiger partial charge in [0.05, 0.1) is 16.4 Å². The molecular formula is C26H25BrClN5O2. The summed E-state index contributed by atoms with van der Waals surface area (Å²) in [4.78, 5) is 7.32. The number of benzene rings is 2. The number of piperidine rings is 1. The lowest BCUT2D eigenvalue weighted by atomic mass is 9.97. The van der Waals surface area contributed by atoms with Gasteiger partial charge in [0, 0.05) is 41.9 Å². The number of ether oxygens (including phenoxy) is 2. The Morgan fingerprint density at radius 1 is 1.14 bits per heavy atom. The Bertz CT molecular complexity index is 1380. The lowest BCUT2D eigenvalue weighted by Gasteiger charge is -2.33. The van der Waals surface area contributed by atoms with Crippen molar-refractivity contribution in [2.45, 2.75) is 19.4 Å². The second-order valence-corrected chi connectivity index (χ2v) is 10.3. The number of aromatic nitrogens is 3. The van der Waals surface area contributed by atoms with Crippen molar-refractivity contribution in [2.24, 2.45) is 5.92 Å². The molecule has 2 aromatic heterocycles. The quantitative estimate of drug-likeness (QED) is 0.322. The molecule has 2 aromatic carbocycles. The Hall–Kier alpha value is -2.81. The van der Waals surface area contributed by atoms with E-state index in [4.69, 9.17) is 26.1 Å². The minimum Gasteiger partial charge on any atom is -0.454 e. The summed E-state index contributed by atoms with van der Waals surface area (Å²) in [7, 11) is 0. The molecule has 1 fully saturated rings. The average molecular weight is 555 g/mol. The number of rotatable bonds is 6. The molecule has 6 rings (SSSR count). The van der Waals surface area contributed by atoms with Gasteiger partial charge in [-0.05, 0) is 53.4 Å². The fraction of sp³-hybridized carbons (Fsp3) is 0.308. The van der Waals surface area contributed by atoms with E-state index in [1.165, 1.54) is 18.4 Å². The fourth-order valence-corrected chi connectivity index (χ4v) is 5.52. The number of hydrogen-bond acceptors (Lipinski definition) is 6. The summed E-state index contributed by atoms with van der Waals surface area (Å²) < 4.78 is 13.9. The van der Waals surface area contributed by atoms with Crippen molar-refractivity contribution in [2.75, 3.05) is 31.7 Å². The van der Waals surface area contributed by atoms with Crippen LogP contribution in [0.15, 0.2) is 59.2 Å². The van der Waals surface area contributed by atoms with Crippen LogP contribution < -0.4 is 14.8 Å². The van der Waals surface area contributed by atoms with E-state index in [0.29, 0.717) is 17.7 Å². The van der Waals surface area contributed by atoms with Crippen LogP contribution in [0.4, 0.5) is 5.82 Å². The van der Waals surface area contributed by atoms with Crippen LogP contribution in [-0.2, 0) is 6.54 Å². The molecule has 1 saturated heterocycles. The topological polar surface area (TPSA) is 63.9 Å². The summed E-state index contributed by atoms with van der Waals surface area (Å²) in [6, 6.07) is 15.9. The van der Waals surface area contributed by atoms with Gasteiger partial charge in [-0.25, -0.2) is 4.98 Å². The standard InChI is InChI=1S/C26H25BrClN5O2/c27-20-13-30-33-24(11-22(31-26(20)33)19-7-1-2-8-21(19)28)29-12-17-5-4-10-32(14-17)15-18-6-3-9-23-25(18)35-16-34-23/h1-3,6-9,11,13,17,29H,4-5,10,12,14-16H2. The first-order valence-electron chi connectivity index (χ1n) is 11.8. The van der Waals surface area contributed by atoms with Crippen LogP contribution in [0, 0.1) is 5.92 Å². The first-order chi connectivity index (χ1) is 17.2. The second kappa shape index (κ2) is 9.68. The maximum absolute atomic E-state index is 6.48. The van der Waals surface area contributed by atoms with E-state index in [9.17, 15) is 0 Å². The second-order valence-electron chi connectivity index (χ2n) is 9.01. The molecule has 0 bridgehead atoms. The van der Waals surface area contributed by atoms with Gasteiger partial charge in [0.15, 0.2) is 17.1 Å². The van der Waals surface area contributed by atoms with Crippen molar-refractivity contribution in [3.05, 3.63) is 69.8 Å². The lowest BCUT2D eigenvalue weighted by molar-refractivity contribution is 0.162. The highest BCUT2D eigenvalue weighted by molar-refractivity contribution is 9.10. The smallest absolute Gasteiger partial charge is 0.231 e. The number of likely N-dealkylation sites (tertiary alicyclic amines) is 1. The molecule has 0 amide bonds. The minimum atomic E-state index is 0.305. The minimum absolute atomic E-state index is 0.305. The monoisotopic (exact) mass is 553 g/mol. The third-order valence-electron chi connectivity index (χ3n) is 6.63. The zero-order valence-electron chi connectivity index (χ0n) is 19.1. The highest BCUT2D eigenvalue weighted by Crippen LogP contribution is 2.36. The van der Waals surface area contributed by atoms with E-state index in [1.54, 1.807) is 6.20 Å². The summed E-state index contributed by atoms with van der Waals surface area (Å²) in [5.74, 6) is 3.16. The third-order valence-corrected chi connectivity index (χ3v) is 7.51. The predicted molar refractivity (Wildman–Crippen MR) is 140 cm³/mol. The van der Waals surface area contributed by atoms with E-state index in [1.807, 2.05) is 47.0 Å².